The number of hydrogen-bond donors (Lipinski definition) is 5. The zero-order valence-corrected chi connectivity index (χ0v) is 19.6. The predicted octanol–water partition coefficient (Wildman–Crippen LogP) is 2.68. The fourth-order valence-electron chi connectivity index (χ4n) is 4.32. The first-order valence-electron chi connectivity index (χ1n) is 11.2. The van der Waals surface area contributed by atoms with E-state index in [1.807, 2.05) is 0 Å². The lowest BCUT2D eigenvalue weighted by Crippen LogP contribution is -2.51. The molecule has 0 bridgehead atoms. The largest absolute Gasteiger partial charge is 0.378 e. The molecule has 2 fully saturated rings. The highest BCUT2D eigenvalue weighted by atomic mass is 79.9. The van der Waals surface area contributed by atoms with Crippen molar-refractivity contribution in [2.75, 3.05) is 6.54 Å². The number of piperidine rings is 1. The maximum Gasteiger partial charge on any atom is 0.268 e. The maximum atomic E-state index is 13.8. The number of benzene rings is 1. The molecule has 4 atom stereocenters. The fourth-order valence-corrected chi connectivity index (χ4v) is 4.78. The van der Waals surface area contributed by atoms with Gasteiger partial charge in [-0.1, -0.05) is 12.8 Å². The first kappa shape index (κ1) is 23.7. The molecule has 5 N–H and O–H groups in total. The van der Waals surface area contributed by atoms with Crippen LogP contribution in [0.1, 0.15) is 49.0 Å². The standard InChI is InChI=1S/C23H27BrFN5O3/c24-19-16(25)6-5-13-10-18(29-20(13)19)23(33)30-17(8-12-3-4-12)22(32)28-15(11-26)9-14-2-1-7-27-21(14)31/h5-6,10,12,14-15,17,21,27,29,31H,1-4,7-9H2,(H,28,32)(H,30,33)/t14-,15-,17-,21?/m0/s1. The molecule has 2 aliphatic rings. The second-order valence-electron chi connectivity index (χ2n) is 8.94. The fraction of sp³-hybridized carbons (Fsp3) is 0.522. The van der Waals surface area contributed by atoms with Gasteiger partial charge in [0.2, 0.25) is 5.91 Å². The molecule has 2 aromatic rings. The third-order valence-corrected chi connectivity index (χ3v) is 7.16. The molecule has 4 rings (SSSR count). The van der Waals surface area contributed by atoms with Crippen LogP contribution in [0.4, 0.5) is 4.39 Å². The molecule has 1 aliphatic heterocycles. The maximum absolute atomic E-state index is 13.8. The van der Waals surface area contributed by atoms with Crippen LogP contribution in [-0.2, 0) is 4.79 Å². The molecular weight excluding hydrogens is 493 g/mol. The number of nitrogens with one attached hydrogen (secondary N) is 4. The van der Waals surface area contributed by atoms with E-state index < -0.39 is 35.9 Å². The summed E-state index contributed by atoms with van der Waals surface area (Å²) in [6.45, 7) is 0.730. The van der Waals surface area contributed by atoms with Gasteiger partial charge in [0.15, 0.2) is 0 Å². The number of carbonyl (C=O) groups excluding carboxylic acids is 2. The van der Waals surface area contributed by atoms with E-state index in [0.29, 0.717) is 29.7 Å². The number of aliphatic hydroxyl groups is 1. The molecule has 1 aromatic carbocycles. The minimum atomic E-state index is -0.790. The third kappa shape index (κ3) is 5.72. The van der Waals surface area contributed by atoms with E-state index in [4.69, 9.17) is 0 Å². The van der Waals surface area contributed by atoms with E-state index in [-0.39, 0.29) is 16.1 Å². The average Bonchev–Trinajstić information content (AvgIpc) is 3.51. The summed E-state index contributed by atoms with van der Waals surface area (Å²) < 4.78 is 14.0. The van der Waals surface area contributed by atoms with Crippen LogP contribution in [0.3, 0.4) is 0 Å². The summed E-state index contributed by atoms with van der Waals surface area (Å²) in [4.78, 5) is 28.8. The molecule has 2 amide bonds. The number of carbonyl (C=O) groups is 2. The van der Waals surface area contributed by atoms with Gasteiger partial charge in [-0.3, -0.25) is 14.9 Å². The van der Waals surface area contributed by atoms with Crippen LogP contribution in [0.15, 0.2) is 22.7 Å². The summed E-state index contributed by atoms with van der Waals surface area (Å²) in [5, 5.41) is 28.8. The third-order valence-electron chi connectivity index (χ3n) is 6.38. The zero-order valence-electron chi connectivity index (χ0n) is 18.0. The summed E-state index contributed by atoms with van der Waals surface area (Å²) in [6, 6.07) is 5.05. The second-order valence-corrected chi connectivity index (χ2v) is 9.73. The monoisotopic (exact) mass is 519 g/mol. The number of aromatic nitrogens is 1. The number of fused-ring (bicyclic) bond motifs is 1. The van der Waals surface area contributed by atoms with Crippen molar-refractivity contribution in [1.82, 2.24) is 20.9 Å². The first-order chi connectivity index (χ1) is 15.9. The molecule has 1 aliphatic carbocycles. The van der Waals surface area contributed by atoms with Crippen LogP contribution >= 0.6 is 15.9 Å². The summed E-state index contributed by atoms with van der Waals surface area (Å²) in [5.41, 5.74) is 0.686. The summed E-state index contributed by atoms with van der Waals surface area (Å²) in [6.07, 6.45) is 3.81. The van der Waals surface area contributed by atoms with E-state index in [2.05, 4.69) is 42.9 Å². The first-order valence-corrected chi connectivity index (χ1v) is 12.0. The van der Waals surface area contributed by atoms with Gasteiger partial charge >= 0.3 is 0 Å². The van der Waals surface area contributed by atoms with Crippen molar-refractivity contribution in [1.29, 1.82) is 5.26 Å². The van der Waals surface area contributed by atoms with E-state index in [0.717, 1.165) is 32.2 Å². The van der Waals surface area contributed by atoms with Gasteiger partial charge in [-0.25, -0.2) is 4.39 Å². The Hall–Kier alpha value is -2.48. The molecule has 1 unspecified atom stereocenters. The average molecular weight is 520 g/mol. The molecule has 0 spiro atoms. The molecule has 10 heteroatoms. The van der Waals surface area contributed by atoms with E-state index >= 15 is 0 Å². The van der Waals surface area contributed by atoms with Crippen molar-refractivity contribution in [2.45, 2.75) is 56.8 Å². The quantitative estimate of drug-likeness (QED) is 0.366. The van der Waals surface area contributed by atoms with E-state index in [1.165, 1.54) is 6.07 Å². The highest BCUT2D eigenvalue weighted by Crippen LogP contribution is 2.34. The summed E-state index contributed by atoms with van der Waals surface area (Å²) in [7, 11) is 0. The topological polar surface area (TPSA) is 130 Å². The molecule has 0 radical (unpaired) electrons. The normalized spacial score (nSPS) is 22.4. The van der Waals surface area contributed by atoms with Crippen LogP contribution in [0.5, 0.6) is 0 Å². The Morgan fingerprint density at radius 3 is 2.76 bits per heavy atom. The Morgan fingerprint density at radius 2 is 2.06 bits per heavy atom. The Bertz CT molecular complexity index is 1080. The Labute approximate surface area is 199 Å². The molecule has 2 heterocycles. The predicted molar refractivity (Wildman–Crippen MR) is 123 cm³/mol. The lowest BCUT2D eigenvalue weighted by molar-refractivity contribution is -0.123. The van der Waals surface area contributed by atoms with E-state index in [9.17, 15) is 24.3 Å². The van der Waals surface area contributed by atoms with Gasteiger partial charge < -0.3 is 20.7 Å². The highest BCUT2D eigenvalue weighted by Gasteiger charge is 2.33. The van der Waals surface area contributed by atoms with Gasteiger partial charge in [0.1, 0.15) is 29.8 Å². The van der Waals surface area contributed by atoms with Gasteiger partial charge in [-0.05, 0) is 72.3 Å². The van der Waals surface area contributed by atoms with Crippen molar-refractivity contribution in [3.05, 3.63) is 34.2 Å². The van der Waals surface area contributed by atoms with Crippen LogP contribution in [0.2, 0.25) is 0 Å². The van der Waals surface area contributed by atoms with Gasteiger partial charge in [0.25, 0.3) is 5.91 Å². The Kier molecular flexibility index (Phi) is 7.32. The van der Waals surface area contributed by atoms with Gasteiger partial charge in [0.05, 0.1) is 16.1 Å². The molecule has 1 saturated heterocycles. The zero-order chi connectivity index (χ0) is 23.5. The number of rotatable bonds is 8. The van der Waals surface area contributed by atoms with Gasteiger partial charge in [-0.15, -0.1) is 0 Å². The number of halogens is 2. The number of hydrogen-bond acceptors (Lipinski definition) is 5. The molecular formula is C23H27BrFN5O3. The van der Waals surface area contributed by atoms with Crippen LogP contribution in [0.25, 0.3) is 10.9 Å². The molecule has 1 aromatic heterocycles. The molecule has 8 nitrogen and oxygen atoms in total. The summed E-state index contributed by atoms with van der Waals surface area (Å²) >= 11 is 3.18. The number of aromatic amines is 1. The smallest absolute Gasteiger partial charge is 0.268 e. The second kappa shape index (κ2) is 10.2. The number of amides is 2. The van der Waals surface area contributed by atoms with Crippen LogP contribution in [0, 0.1) is 29.0 Å². The van der Waals surface area contributed by atoms with Crippen molar-refractivity contribution in [3.63, 3.8) is 0 Å². The van der Waals surface area contributed by atoms with Crippen molar-refractivity contribution in [2.24, 2.45) is 11.8 Å². The Morgan fingerprint density at radius 1 is 1.27 bits per heavy atom. The number of nitriles is 1. The van der Waals surface area contributed by atoms with Crippen LogP contribution < -0.4 is 16.0 Å². The number of H-pyrrole nitrogens is 1. The van der Waals surface area contributed by atoms with E-state index in [1.54, 1.807) is 12.1 Å². The minimum absolute atomic E-state index is 0.120. The molecule has 176 valence electrons. The lowest BCUT2D eigenvalue weighted by atomic mass is 9.91. The lowest BCUT2D eigenvalue weighted by Gasteiger charge is -2.30. The van der Waals surface area contributed by atoms with Crippen molar-refractivity contribution < 1.29 is 19.1 Å². The SMILES string of the molecule is N#C[C@H](C[C@@H]1CCCNC1O)NC(=O)[C@H](CC1CC1)NC(=O)c1cc2ccc(F)c(Br)c2[nH]1. The number of nitrogens with zero attached hydrogens (tertiary/aromatic N) is 1. The molecule has 1 saturated carbocycles. The Balaban J connectivity index is 1.43. The molecule has 33 heavy (non-hydrogen) atoms. The van der Waals surface area contributed by atoms with Crippen molar-refractivity contribution in [3.8, 4) is 6.07 Å². The van der Waals surface area contributed by atoms with Gasteiger partial charge in [-0.2, -0.15) is 5.26 Å². The number of aliphatic hydroxyl groups excluding tert-OH is 1. The summed E-state index contributed by atoms with van der Waals surface area (Å²) in [5.74, 6) is -1.09. The minimum Gasteiger partial charge on any atom is -0.378 e. The van der Waals surface area contributed by atoms with Crippen LogP contribution in [-0.4, -0.2) is 46.8 Å². The highest BCUT2D eigenvalue weighted by molar-refractivity contribution is 9.10. The van der Waals surface area contributed by atoms with Gasteiger partial charge in [0, 0.05) is 11.3 Å². The van der Waals surface area contributed by atoms with Crippen molar-refractivity contribution >= 4 is 38.6 Å².